The monoisotopic (exact) mass is 316 g/mol. The van der Waals surface area contributed by atoms with Crippen molar-refractivity contribution in [2.45, 2.75) is 0 Å². The third kappa shape index (κ3) is 2.00. The van der Waals surface area contributed by atoms with Crippen LogP contribution in [0.4, 0.5) is 0 Å². The van der Waals surface area contributed by atoms with E-state index in [4.69, 9.17) is 0 Å². The summed E-state index contributed by atoms with van der Waals surface area (Å²) in [6, 6.07) is 15.7. The van der Waals surface area contributed by atoms with Gasteiger partial charge in [0.1, 0.15) is 0 Å². The molecule has 0 aliphatic rings. The van der Waals surface area contributed by atoms with Gasteiger partial charge in [0.05, 0.1) is 4.88 Å². The summed E-state index contributed by atoms with van der Waals surface area (Å²) in [4.78, 5) is 13.2. The van der Waals surface area contributed by atoms with Gasteiger partial charge >= 0.3 is 0 Å². The van der Waals surface area contributed by atoms with Gasteiger partial charge in [-0.1, -0.05) is 42.5 Å². The molecule has 0 N–H and O–H groups in total. The zero-order valence-electron chi connectivity index (χ0n) is 9.39. The smallest absolute Gasteiger partial charge is 0.203 e. The van der Waals surface area contributed by atoms with Crippen molar-refractivity contribution in [2.75, 3.05) is 0 Å². The lowest BCUT2D eigenvalue weighted by Crippen LogP contribution is -1.99. The van der Waals surface area contributed by atoms with E-state index in [1.807, 2.05) is 53.9 Å². The van der Waals surface area contributed by atoms with E-state index in [-0.39, 0.29) is 5.78 Å². The molecule has 0 aliphatic heterocycles. The van der Waals surface area contributed by atoms with Crippen LogP contribution in [-0.2, 0) is 0 Å². The fourth-order valence-corrected chi connectivity index (χ4v) is 3.37. The zero-order valence-corrected chi connectivity index (χ0v) is 11.8. The Morgan fingerprint density at radius 3 is 2.61 bits per heavy atom. The van der Waals surface area contributed by atoms with Crippen molar-refractivity contribution in [1.82, 2.24) is 0 Å². The maximum atomic E-state index is 12.5. The van der Waals surface area contributed by atoms with Crippen LogP contribution in [-0.4, -0.2) is 5.78 Å². The SMILES string of the molecule is O=C(c1cc(Br)cs1)c1cccc2ccccc12. The number of thiophene rings is 1. The second-order valence-corrected chi connectivity index (χ2v) is 5.81. The molecule has 0 saturated carbocycles. The maximum Gasteiger partial charge on any atom is 0.203 e. The minimum Gasteiger partial charge on any atom is -0.288 e. The Morgan fingerprint density at radius 1 is 1.06 bits per heavy atom. The van der Waals surface area contributed by atoms with Gasteiger partial charge in [-0.15, -0.1) is 11.3 Å². The normalized spacial score (nSPS) is 10.7. The first kappa shape index (κ1) is 11.6. The van der Waals surface area contributed by atoms with E-state index in [0.29, 0.717) is 0 Å². The zero-order chi connectivity index (χ0) is 12.5. The Morgan fingerprint density at radius 2 is 1.83 bits per heavy atom. The summed E-state index contributed by atoms with van der Waals surface area (Å²) in [5.74, 6) is 0.0856. The van der Waals surface area contributed by atoms with E-state index in [1.165, 1.54) is 11.3 Å². The predicted molar refractivity (Wildman–Crippen MR) is 79.4 cm³/mol. The molecule has 1 heterocycles. The largest absolute Gasteiger partial charge is 0.288 e. The van der Waals surface area contributed by atoms with Crippen LogP contribution in [0.25, 0.3) is 10.8 Å². The molecule has 18 heavy (non-hydrogen) atoms. The van der Waals surface area contributed by atoms with Gasteiger partial charge in [0.2, 0.25) is 5.78 Å². The van der Waals surface area contributed by atoms with Crippen LogP contribution in [0.15, 0.2) is 58.4 Å². The van der Waals surface area contributed by atoms with Crippen LogP contribution >= 0.6 is 27.3 Å². The first-order valence-corrected chi connectivity index (χ1v) is 7.19. The van der Waals surface area contributed by atoms with E-state index in [1.54, 1.807) is 0 Å². The highest BCUT2D eigenvalue weighted by Crippen LogP contribution is 2.26. The van der Waals surface area contributed by atoms with Gasteiger partial charge in [-0.25, -0.2) is 0 Å². The van der Waals surface area contributed by atoms with E-state index < -0.39 is 0 Å². The van der Waals surface area contributed by atoms with Crippen molar-refractivity contribution in [1.29, 1.82) is 0 Å². The van der Waals surface area contributed by atoms with Gasteiger partial charge < -0.3 is 0 Å². The fraction of sp³-hybridized carbons (Fsp3) is 0. The minimum absolute atomic E-state index is 0.0856. The number of halogens is 1. The number of ketones is 1. The van der Waals surface area contributed by atoms with Crippen molar-refractivity contribution >= 4 is 43.8 Å². The molecular formula is C15H9BrOS. The van der Waals surface area contributed by atoms with E-state index in [0.717, 1.165) is 25.7 Å². The second-order valence-electron chi connectivity index (χ2n) is 3.99. The summed E-state index contributed by atoms with van der Waals surface area (Å²) in [5, 5.41) is 4.03. The van der Waals surface area contributed by atoms with Gasteiger partial charge in [-0.2, -0.15) is 0 Å². The summed E-state index contributed by atoms with van der Waals surface area (Å²) in [6.45, 7) is 0. The molecule has 3 heteroatoms. The van der Waals surface area contributed by atoms with E-state index in [2.05, 4.69) is 15.9 Å². The molecule has 0 aliphatic carbocycles. The number of rotatable bonds is 2. The van der Waals surface area contributed by atoms with Crippen LogP contribution < -0.4 is 0 Å². The van der Waals surface area contributed by atoms with Crippen molar-refractivity contribution in [2.24, 2.45) is 0 Å². The highest BCUT2D eigenvalue weighted by molar-refractivity contribution is 9.10. The molecule has 2 aromatic carbocycles. The van der Waals surface area contributed by atoms with E-state index in [9.17, 15) is 4.79 Å². The second kappa shape index (κ2) is 4.67. The molecule has 1 aromatic heterocycles. The number of carbonyl (C=O) groups excluding carboxylic acids is 1. The first-order chi connectivity index (χ1) is 8.75. The Hall–Kier alpha value is -1.45. The molecular weight excluding hydrogens is 308 g/mol. The van der Waals surface area contributed by atoms with Gasteiger partial charge in [-0.05, 0) is 32.8 Å². The Kier molecular flexibility index (Phi) is 3.02. The number of hydrogen-bond acceptors (Lipinski definition) is 2. The number of benzene rings is 2. The van der Waals surface area contributed by atoms with Gasteiger partial charge in [0.25, 0.3) is 0 Å². The molecule has 0 radical (unpaired) electrons. The Labute approximate surface area is 117 Å². The van der Waals surface area contributed by atoms with Crippen LogP contribution in [0.1, 0.15) is 15.2 Å². The number of fused-ring (bicyclic) bond motifs is 1. The molecule has 0 bridgehead atoms. The first-order valence-electron chi connectivity index (χ1n) is 5.52. The quantitative estimate of drug-likeness (QED) is 0.615. The van der Waals surface area contributed by atoms with Crippen molar-refractivity contribution < 1.29 is 4.79 Å². The molecule has 3 rings (SSSR count). The molecule has 1 nitrogen and oxygen atoms in total. The van der Waals surface area contributed by atoms with Crippen LogP contribution in [0.5, 0.6) is 0 Å². The lowest BCUT2D eigenvalue weighted by atomic mass is 10.0. The minimum atomic E-state index is 0.0856. The average molecular weight is 317 g/mol. The fourth-order valence-electron chi connectivity index (χ4n) is 1.99. The van der Waals surface area contributed by atoms with E-state index >= 15 is 0 Å². The lowest BCUT2D eigenvalue weighted by molar-refractivity contribution is 0.104. The van der Waals surface area contributed by atoms with Crippen LogP contribution in [0.2, 0.25) is 0 Å². The van der Waals surface area contributed by atoms with Crippen molar-refractivity contribution in [3.63, 3.8) is 0 Å². The summed E-state index contributed by atoms with van der Waals surface area (Å²) in [6.07, 6.45) is 0. The summed E-state index contributed by atoms with van der Waals surface area (Å²) in [7, 11) is 0. The van der Waals surface area contributed by atoms with Gasteiger partial charge in [0.15, 0.2) is 0 Å². The highest BCUT2D eigenvalue weighted by atomic mass is 79.9. The molecule has 88 valence electrons. The van der Waals surface area contributed by atoms with Crippen molar-refractivity contribution in [3.8, 4) is 0 Å². The Balaban J connectivity index is 2.17. The summed E-state index contributed by atoms with van der Waals surface area (Å²) >= 11 is 4.85. The Bertz CT molecular complexity index is 725. The third-order valence-corrected chi connectivity index (χ3v) is 4.52. The number of carbonyl (C=O) groups is 1. The van der Waals surface area contributed by atoms with Gasteiger partial charge in [0, 0.05) is 15.4 Å². The molecule has 0 fully saturated rings. The van der Waals surface area contributed by atoms with Crippen LogP contribution in [0.3, 0.4) is 0 Å². The van der Waals surface area contributed by atoms with Crippen LogP contribution in [0, 0.1) is 0 Å². The number of hydrogen-bond donors (Lipinski definition) is 0. The van der Waals surface area contributed by atoms with Gasteiger partial charge in [-0.3, -0.25) is 4.79 Å². The molecule has 0 spiro atoms. The molecule has 0 amide bonds. The topological polar surface area (TPSA) is 17.1 Å². The maximum absolute atomic E-state index is 12.5. The third-order valence-electron chi connectivity index (χ3n) is 2.83. The summed E-state index contributed by atoms with van der Waals surface area (Å²) in [5.41, 5.74) is 0.766. The highest BCUT2D eigenvalue weighted by Gasteiger charge is 2.13. The summed E-state index contributed by atoms with van der Waals surface area (Å²) < 4.78 is 0.955. The predicted octanol–water partition coefficient (Wildman–Crippen LogP) is 4.89. The average Bonchev–Trinajstić information content (AvgIpc) is 2.84. The lowest BCUT2D eigenvalue weighted by Gasteiger charge is -2.03. The molecule has 0 atom stereocenters. The molecule has 0 saturated heterocycles. The molecule has 0 unspecified atom stereocenters. The van der Waals surface area contributed by atoms with Crippen molar-refractivity contribution in [3.05, 3.63) is 68.8 Å². The molecule has 3 aromatic rings. The standard InChI is InChI=1S/C15H9BrOS/c16-11-8-14(18-9-11)15(17)13-7-3-5-10-4-1-2-6-12(10)13/h1-9H.